The van der Waals surface area contributed by atoms with Crippen molar-refractivity contribution in [2.75, 3.05) is 39.9 Å². The number of amides is 2. The van der Waals surface area contributed by atoms with Crippen LogP contribution in [0.2, 0.25) is 0 Å². The van der Waals surface area contributed by atoms with Crippen LogP contribution in [0.15, 0.2) is 36.4 Å². The SMILES string of the molecule is CCCCCCCCC(=O)C[C@@H](CCN)C(=O)N(C)[C@@H]1C(=O)C[C@@H](C)C(=O)N[C@H](C(=O)CCC#N)Cc2ccc(OCCN)c(c2)-c2cc1ccc2OCCN. The van der Waals surface area contributed by atoms with Crippen molar-refractivity contribution in [1.29, 1.82) is 5.26 Å². The predicted octanol–water partition coefficient (Wildman–Crippen LogP) is 4.71. The number of nitrogens with one attached hydrogen (secondary N) is 1. The smallest absolute Gasteiger partial charge is 0.226 e. The van der Waals surface area contributed by atoms with E-state index in [4.69, 9.17) is 26.7 Å². The average Bonchev–Trinajstić information content (AvgIpc) is 3.18. The molecule has 0 saturated heterocycles. The number of fused-ring (bicyclic) bond motifs is 5. The van der Waals surface area contributed by atoms with Crippen LogP contribution in [-0.4, -0.2) is 80.0 Å². The Hall–Kier alpha value is -4.64. The third kappa shape index (κ3) is 13.5. The first-order valence-corrected chi connectivity index (χ1v) is 20.1. The predicted molar refractivity (Wildman–Crippen MR) is 216 cm³/mol. The van der Waals surface area contributed by atoms with Crippen LogP contribution in [0.4, 0.5) is 0 Å². The van der Waals surface area contributed by atoms with Gasteiger partial charge in [0.2, 0.25) is 11.8 Å². The number of hydrogen-bond donors (Lipinski definition) is 4. The molecule has 0 radical (unpaired) electrons. The second kappa shape index (κ2) is 24.1. The number of nitrogens with zero attached hydrogens (tertiary/aromatic N) is 2. The molecule has 0 fully saturated rings. The van der Waals surface area contributed by atoms with Crippen LogP contribution in [0.5, 0.6) is 11.5 Å². The Kier molecular flexibility index (Phi) is 19.7. The van der Waals surface area contributed by atoms with Gasteiger partial charge in [-0.25, -0.2) is 0 Å². The summed E-state index contributed by atoms with van der Waals surface area (Å²) in [5, 5.41) is 12.0. The molecule has 2 aromatic carbocycles. The van der Waals surface area contributed by atoms with E-state index in [1.54, 1.807) is 44.3 Å². The molecule has 2 amide bonds. The molecule has 56 heavy (non-hydrogen) atoms. The summed E-state index contributed by atoms with van der Waals surface area (Å²) >= 11 is 0. The Morgan fingerprint density at radius 1 is 0.893 bits per heavy atom. The highest BCUT2D eigenvalue weighted by Crippen LogP contribution is 2.41. The summed E-state index contributed by atoms with van der Waals surface area (Å²) in [6.07, 6.45) is 6.68. The molecule has 1 aliphatic heterocycles. The first-order valence-electron chi connectivity index (χ1n) is 20.1. The number of hydrogen-bond acceptors (Lipinski definition) is 11. The number of rotatable bonds is 22. The Morgan fingerprint density at radius 2 is 1.54 bits per heavy atom. The second-order valence-electron chi connectivity index (χ2n) is 14.7. The molecule has 0 aromatic heterocycles. The van der Waals surface area contributed by atoms with E-state index < -0.39 is 41.5 Å². The molecule has 1 aliphatic rings. The fourth-order valence-corrected chi connectivity index (χ4v) is 7.12. The number of benzene rings is 2. The number of likely N-dealkylation sites (N-methyl/N-ethyl adjacent to an activating group) is 1. The average molecular weight is 775 g/mol. The quantitative estimate of drug-likeness (QED) is 0.120. The molecule has 0 spiro atoms. The summed E-state index contributed by atoms with van der Waals surface area (Å²) < 4.78 is 12.2. The lowest BCUT2D eigenvalue weighted by molar-refractivity contribution is -0.143. The number of nitrogens with two attached hydrogens (primary N) is 3. The lowest BCUT2D eigenvalue weighted by Crippen LogP contribution is -2.46. The van der Waals surface area contributed by atoms with E-state index in [1.807, 2.05) is 12.1 Å². The Morgan fingerprint density at radius 3 is 2.18 bits per heavy atom. The van der Waals surface area contributed by atoms with Gasteiger partial charge in [0.15, 0.2) is 11.6 Å². The molecule has 3 rings (SSSR count). The molecular weight excluding hydrogens is 713 g/mol. The molecule has 4 atom stereocenters. The van der Waals surface area contributed by atoms with Crippen molar-refractivity contribution in [2.24, 2.45) is 29.0 Å². The van der Waals surface area contributed by atoms with E-state index in [1.165, 1.54) is 11.3 Å². The van der Waals surface area contributed by atoms with Crippen molar-refractivity contribution in [3.05, 3.63) is 47.5 Å². The molecule has 1 heterocycles. The third-order valence-corrected chi connectivity index (χ3v) is 10.2. The van der Waals surface area contributed by atoms with E-state index >= 15 is 0 Å². The number of carbonyl (C=O) groups is 5. The normalized spacial score (nSPS) is 17.6. The Balaban J connectivity index is 2.15. The van der Waals surface area contributed by atoms with Gasteiger partial charge in [0.25, 0.3) is 0 Å². The lowest BCUT2D eigenvalue weighted by Gasteiger charge is -2.32. The van der Waals surface area contributed by atoms with Gasteiger partial charge in [-0.2, -0.15) is 5.26 Å². The monoisotopic (exact) mass is 774 g/mol. The molecule has 0 saturated carbocycles. The fraction of sp³-hybridized carbons (Fsp3) is 0.581. The van der Waals surface area contributed by atoms with Crippen LogP contribution in [0, 0.1) is 23.2 Å². The third-order valence-electron chi connectivity index (χ3n) is 10.2. The lowest BCUT2D eigenvalue weighted by atomic mass is 9.88. The zero-order valence-corrected chi connectivity index (χ0v) is 33.5. The van der Waals surface area contributed by atoms with Crippen molar-refractivity contribution in [1.82, 2.24) is 10.2 Å². The summed E-state index contributed by atoms with van der Waals surface area (Å²) in [5.41, 5.74) is 19.9. The van der Waals surface area contributed by atoms with E-state index in [0.29, 0.717) is 40.2 Å². The van der Waals surface area contributed by atoms with Crippen molar-refractivity contribution in [2.45, 2.75) is 109 Å². The van der Waals surface area contributed by atoms with Gasteiger partial charge in [-0.1, -0.05) is 58.1 Å². The highest BCUT2D eigenvalue weighted by Gasteiger charge is 2.36. The van der Waals surface area contributed by atoms with Crippen LogP contribution in [0.1, 0.15) is 108 Å². The van der Waals surface area contributed by atoms with Crippen LogP contribution in [0.3, 0.4) is 0 Å². The van der Waals surface area contributed by atoms with Gasteiger partial charge in [0, 0.05) is 75.2 Å². The summed E-state index contributed by atoms with van der Waals surface area (Å²) in [4.78, 5) is 70.4. The number of ether oxygens (including phenoxy) is 2. The summed E-state index contributed by atoms with van der Waals surface area (Å²) in [6, 6.07) is 10.5. The topological polar surface area (TPSA) is 221 Å². The van der Waals surface area contributed by atoms with Gasteiger partial charge in [-0.05, 0) is 61.2 Å². The van der Waals surface area contributed by atoms with E-state index in [2.05, 4.69) is 12.2 Å². The van der Waals surface area contributed by atoms with Crippen LogP contribution >= 0.6 is 0 Å². The number of Topliss-reactive ketones (excluding diaryl/α,β-unsaturated/α-hetero) is 3. The number of ketones is 3. The maximum Gasteiger partial charge on any atom is 0.226 e. The molecule has 0 aliphatic carbocycles. The van der Waals surface area contributed by atoms with Crippen molar-refractivity contribution >= 4 is 29.2 Å². The summed E-state index contributed by atoms with van der Waals surface area (Å²) in [5.74, 6) is -2.33. The molecular formula is C43H62N6O7. The van der Waals surface area contributed by atoms with Gasteiger partial charge >= 0.3 is 0 Å². The van der Waals surface area contributed by atoms with E-state index in [0.717, 1.165) is 32.1 Å². The van der Waals surface area contributed by atoms with E-state index in [9.17, 15) is 29.2 Å². The molecule has 13 heteroatoms. The Labute approximate surface area is 332 Å². The zero-order valence-electron chi connectivity index (χ0n) is 33.5. The van der Waals surface area contributed by atoms with E-state index in [-0.39, 0.29) is 82.9 Å². The van der Waals surface area contributed by atoms with Crippen LogP contribution in [-0.2, 0) is 30.4 Å². The number of nitriles is 1. The molecule has 7 N–H and O–H groups in total. The molecule has 306 valence electrons. The number of carbonyl (C=O) groups excluding carboxylic acids is 5. The van der Waals surface area contributed by atoms with Gasteiger partial charge in [-0.3, -0.25) is 24.0 Å². The number of unbranched alkanes of at least 4 members (excludes halogenated alkanes) is 5. The second-order valence-corrected chi connectivity index (χ2v) is 14.7. The maximum atomic E-state index is 14.5. The highest BCUT2D eigenvalue weighted by molar-refractivity contribution is 5.96. The van der Waals surface area contributed by atoms with Gasteiger partial charge in [0.1, 0.15) is 36.5 Å². The van der Waals surface area contributed by atoms with Crippen LogP contribution < -0.4 is 32.0 Å². The van der Waals surface area contributed by atoms with Gasteiger partial charge in [0.05, 0.1) is 12.1 Å². The minimum absolute atomic E-state index is 0.0111. The molecule has 4 bridgehead atoms. The minimum Gasteiger partial charge on any atom is -0.492 e. The molecule has 2 aromatic rings. The van der Waals surface area contributed by atoms with Gasteiger partial charge < -0.3 is 36.9 Å². The van der Waals surface area contributed by atoms with Crippen molar-refractivity contribution in [3.63, 3.8) is 0 Å². The van der Waals surface area contributed by atoms with Crippen molar-refractivity contribution < 1.29 is 33.4 Å². The largest absolute Gasteiger partial charge is 0.492 e. The van der Waals surface area contributed by atoms with Gasteiger partial charge in [-0.15, -0.1) is 0 Å². The maximum absolute atomic E-state index is 14.5. The highest BCUT2D eigenvalue weighted by atomic mass is 16.5. The fourth-order valence-electron chi connectivity index (χ4n) is 7.12. The summed E-state index contributed by atoms with van der Waals surface area (Å²) in [7, 11) is 1.54. The zero-order chi connectivity index (χ0) is 41.0. The standard InChI is InChI=1S/C43H62N6O7/c1-4-5-6-7-8-9-11-33(50)27-32(17-19-45)43(54)49(3)41-31-14-16-40(56-23-21-47)35(28-31)34-25-30(13-15-39(34)55-22-20-46)26-36(37(51)12-10-18-44)48-42(53)29(2)24-38(41)52/h13-16,25,28-29,32,36,41H,4-12,17,19-24,26-27,45-47H2,1-3H3,(H,48,53)/t29-,32-,36+,41+/m1/s1. The molecule has 13 nitrogen and oxygen atoms in total. The Bertz CT molecular complexity index is 1670. The van der Waals surface area contributed by atoms with Crippen LogP contribution in [0.25, 0.3) is 11.1 Å². The molecule has 0 unspecified atom stereocenters. The summed E-state index contributed by atoms with van der Waals surface area (Å²) in [6.45, 7) is 4.81. The first-order chi connectivity index (χ1) is 27.0. The minimum atomic E-state index is -1.15. The first kappa shape index (κ1) is 45.7. The van der Waals surface area contributed by atoms with Crippen molar-refractivity contribution in [3.8, 4) is 28.7 Å².